The highest BCUT2D eigenvalue weighted by Gasteiger charge is 2.18. The second-order valence-electron chi connectivity index (χ2n) is 8.01. The molecule has 0 atom stereocenters. The molecule has 3 heterocycles. The van der Waals surface area contributed by atoms with E-state index in [1.807, 2.05) is 24.3 Å². The van der Waals surface area contributed by atoms with E-state index in [9.17, 15) is 9.18 Å². The number of nitrogens with zero attached hydrogens (tertiary/aromatic N) is 3. The molecule has 176 valence electrons. The summed E-state index contributed by atoms with van der Waals surface area (Å²) in [6, 6.07) is 23.8. The highest BCUT2D eigenvalue weighted by atomic mass is 19.1. The van der Waals surface area contributed by atoms with Crippen molar-refractivity contribution in [1.29, 1.82) is 0 Å². The smallest absolute Gasteiger partial charge is 0.282 e. The molecular weight excluding hydrogens is 461 g/mol. The Hall–Kier alpha value is -4.98. The fraction of sp³-hybridized carbons (Fsp3) is 0.0357. The van der Waals surface area contributed by atoms with Crippen LogP contribution in [0, 0.1) is 5.82 Å². The fourth-order valence-electron chi connectivity index (χ4n) is 4.05. The summed E-state index contributed by atoms with van der Waals surface area (Å²) in [6.45, 7) is 0. The molecule has 3 aromatic carbocycles. The third-order valence-corrected chi connectivity index (χ3v) is 5.75. The summed E-state index contributed by atoms with van der Waals surface area (Å²) in [5.74, 6) is 1.72. The summed E-state index contributed by atoms with van der Waals surface area (Å²) >= 11 is 0. The van der Waals surface area contributed by atoms with Crippen molar-refractivity contribution < 1.29 is 18.0 Å². The molecule has 3 aromatic heterocycles. The molecule has 0 amide bonds. The lowest BCUT2D eigenvalue weighted by Gasteiger charge is -2.06. The first kappa shape index (κ1) is 21.5. The van der Waals surface area contributed by atoms with Crippen molar-refractivity contribution in [3.05, 3.63) is 107 Å². The van der Waals surface area contributed by atoms with Crippen molar-refractivity contribution in [3.63, 3.8) is 0 Å². The number of hydrogen-bond acceptors (Lipinski definition) is 6. The van der Waals surface area contributed by atoms with Crippen LogP contribution in [0.1, 0.15) is 5.76 Å². The van der Waals surface area contributed by atoms with Gasteiger partial charge in [0.25, 0.3) is 5.56 Å². The number of fused-ring (bicyclic) bond motifs is 2. The van der Waals surface area contributed by atoms with E-state index in [-0.39, 0.29) is 17.2 Å². The average Bonchev–Trinajstić information content (AvgIpc) is 3.55. The van der Waals surface area contributed by atoms with E-state index in [1.165, 1.54) is 23.0 Å². The van der Waals surface area contributed by atoms with Crippen molar-refractivity contribution in [2.45, 2.75) is 0 Å². The molecule has 0 aliphatic carbocycles. The number of halogens is 1. The first-order valence-electron chi connectivity index (χ1n) is 11.1. The van der Waals surface area contributed by atoms with E-state index < -0.39 is 0 Å². The molecule has 0 aliphatic heterocycles. The predicted molar refractivity (Wildman–Crippen MR) is 135 cm³/mol. The van der Waals surface area contributed by atoms with Crippen LogP contribution in [0.3, 0.4) is 0 Å². The van der Waals surface area contributed by atoms with E-state index >= 15 is 0 Å². The van der Waals surface area contributed by atoms with Crippen LogP contribution < -0.4 is 10.3 Å². The van der Waals surface area contributed by atoms with Gasteiger partial charge in [-0.1, -0.05) is 30.3 Å². The second-order valence-corrected chi connectivity index (χ2v) is 8.01. The van der Waals surface area contributed by atoms with E-state index in [0.29, 0.717) is 45.1 Å². The van der Waals surface area contributed by atoms with E-state index in [4.69, 9.17) is 13.6 Å². The molecule has 36 heavy (non-hydrogen) atoms. The minimum Gasteiger partial charge on any atom is -0.496 e. The Morgan fingerprint density at radius 3 is 2.64 bits per heavy atom. The molecule has 0 N–H and O–H groups in total. The number of furan rings is 2. The van der Waals surface area contributed by atoms with Crippen molar-refractivity contribution in [1.82, 2.24) is 9.66 Å². The first-order chi connectivity index (χ1) is 17.6. The van der Waals surface area contributed by atoms with Gasteiger partial charge < -0.3 is 13.6 Å². The Bertz CT molecular complexity index is 1830. The van der Waals surface area contributed by atoms with Gasteiger partial charge in [0, 0.05) is 5.56 Å². The van der Waals surface area contributed by atoms with E-state index in [0.717, 1.165) is 5.39 Å². The molecule has 0 aliphatic rings. The molecular formula is C28H18FN3O4. The van der Waals surface area contributed by atoms with Gasteiger partial charge in [0.1, 0.15) is 28.7 Å². The predicted octanol–water partition coefficient (Wildman–Crippen LogP) is 6.10. The number of methoxy groups -OCH3 is 1. The highest BCUT2D eigenvalue weighted by Crippen LogP contribution is 2.33. The number of para-hydroxylation sites is 1. The standard InChI is InChI=1S/C28H18FN3O4/c1-34-24-10-5-11-25-21(24)15-26(36-25)27-31-22-9-3-2-8-20(22)28(33)32(27)30-16-19-12-13-23(35-19)17-6-4-7-18(29)14-17/h2-16H,1H3. The minimum absolute atomic E-state index is 0.227. The van der Waals surface area contributed by atoms with Crippen LogP contribution in [0.2, 0.25) is 0 Å². The maximum absolute atomic E-state index is 13.6. The first-order valence-corrected chi connectivity index (χ1v) is 11.1. The van der Waals surface area contributed by atoms with Crippen LogP contribution in [-0.4, -0.2) is 23.0 Å². The zero-order valence-electron chi connectivity index (χ0n) is 19.0. The van der Waals surface area contributed by atoms with Crippen LogP contribution in [0.4, 0.5) is 4.39 Å². The summed E-state index contributed by atoms with van der Waals surface area (Å²) < 4.78 is 32.1. The number of benzene rings is 3. The normalized spacial score (nSPS) is 11.6. The number of hydrogen-bond donors (Lipinski definition) is 0. The van der Waals surface area contributed by atoms with Crippen LogP contribution in [0.25, 0.3) is 44.8 Å². The Morgan fingerprint density at radius 2 is 1.78 bits per heavy atom. The lowest BCUT2D eigenvalue weighted by Crippen LogP contribution is -2.20. The van der Waals surface area contributed by atoms with Crippen LogP contribution >= 0.6 is 0 Å². The van der Waals surface area contributed by atoms with Crippen LogP contribution in [0.15, 0.2) is 104 Å². The molecule has 0 unspecified atom stereocenters. The molecule has 6 rings (SSSR count). The maximum Gasteiger partial charge on any atom is 0.282 e. The molecule has 8 heteroatoms. The van der Waals surface area contributed by atoms with Gasteiger partial charge in [0.05, 0.1) is 29.6 Å². The van der Waals surface area contributed by atoms with Gasteiger partial charge in [0.15, 0.2) is 5.76 Å². The Kier molecular flexibility index (Phi) is 5.19. The third-order valence-electron chi connectivity index (χ3n) is 5.75. The minimum atomic E-state index is -0.365. The molecule has 0 radical (unpaired) electrons. The van der Waals surface area contributed by atoms with Crippen LogP contribution in [0.5, 0.6) is 5.75 Å². The van der Waals surface area contributed by atoms with E-state index in [2.05, 4.69) is 10.1 Å². The zero-order valence-corrected chi connectivity index (χ0v) is 19.0. The molecule has 0 spiro atoms. The molecule has 7 nitrogen and oxygen atoms in total. The van der Waals surface area contributed by atoms with Gasteiger partial charge in [-0.05, 0) is 54.6 Å². The van der Waals surface area contributed by atoms with Gasteiger partial charge in [-0.15, -0.1) is 0 Å². The lowest BCUT2D eigenvalue weighted by molar-refractivity contribution is 0.419. The number of rotatable bonds is 5. The Morgan fingerprint density at radius 1 is 0.917 bits per heavy atom. The highest BCUT2D eigenvalue weighted by molar-refractivity contribution is 5.88. The molecule has 0 saturated carbocycles. The summed E-state index contributed by atoms with van der Waals surface area (Å²) in [5.41, 5.74) is 1.34. The molecule has 0 saturated heterocycles. The average molecular weight is 479 g/mol. The topological polar surface area (TPSA) is 82.8 Å². The summed E-state index contributed by atoms with van der Waals surface area (Å²) in [6.07, 6.45) is 1.41. The quantitative estimate of drug-likeness (QED) is 0.279. The largest absolute Gasteiger partial charge is 0.496 e. The molecule has 0 bridgehead atoms. The molecule has 0 fully saturated rings. The third kappa shape index (κ3) is 3.74. The second kappa shape index (κ2) is 8.66. The van der Waals surface area contributed by atoms with Gasteiger partial charge >= 0.3 is 0 Å². The Balaban J connectivity index is 1.48. The SMILES string of the molecule is COc1cccc2oc(-c3nc4ccccc4c(=O)n3N=Cc3ccc(-c4cccc(F)c4)o3)cc12. The van der Waals surface area contributed by atoms with Crippen molar-refractivity contribution in [2.24, 2.45) is 5.10 Å². The van der Waals surface area contributed by atoms with Crippen molar-refractivity contribution in [2.75, 3.05) is 7.11 Å². The maximum atomic E-state index is 13.6. The van der Waals surface area contributed by atoms with Gasteiger partial charge in [-0.25, -0.2) is 9.37 Å². The fourth-order valence-corrected chi connectivity index (χ4v) is 4.05. The monoisotopic (exact) mass is 479 g/mol. The summed E-state index contributed by atoms with van der Waals surface area (Å²) in [7, 11) is 1.58. The van der Waals surface area contributed by atoms with E-state index in [1.54, 1.807) is 55.6 Å². The number of aromatic nitrogens is 2. The van der Waals surface area contributed by atoms with Gasteiger partial charge in [0.2, 0.25) is 5.82 Å². The van der Waals surface area contributed by atoms with Crippen LogP contribution in [-0.2, 0) is 0 Å². The molecule has 6 aromatic rings. The number of ether oxygens (including phenoxy) is 1. The summed E-state index contributed by atoms with van der Waals surface area (Å²) in [5, 5.41) is 5.56. The van der Waals surface area contributed by atoms with Crippen molar-refractivity contribution >= 4 is 28.1 Å². The van der Waals surface area contributed by atoms with Crippen molar-refractivity contribution in [3.8, 4) is 28.7 Å². The Labute approximate surface area is 203 Å². The summed E-state index contributed by atoms with van der Waals surface area (Å²) in [4.78, 5) is 18.1. The van der Waals surface area contributed by atoms with Gasteiger partial charge in [-0.2, -0.15) is 9.78 Å². The zero-order chi connectivity index (χ0) is 24.6. The van der Waals surface area contributed by atoms with Gasteiger partial charge in [-0.3, -0.25) is 4.79 Å². The lowest BCUT2D eigenvalue weighted by atomic mass is 10.2.